The fourth-order valence-corrected chi connectivity index (χ4v) is 3.55. The molecule has 0 spiro atoms. The molecule has 0 saturated carbocycles. The maximum atomic E-state index is 3.87. The molecule has 1 fully saturated rings. The summed E-state index contributed by atoms with van der Waals surface area (Å²) in [6.07, 6.45) is 9.35. The van der Waals surface area contributed by atoms with Crippen LogP contribution in [0.3, 0.4) is 0 Å². The van der Waals surface area contributed by atoms with E-state index in [0.29, 0.717) is 11.6 Å². The largest absolute Gasteiger partial charge is 0.312 e. The zero-order chi connectivity index (χ0) is 15.0. The van der Waals surface area contributed by atoms with Crippen LogP contribution in [-0.4, -0.2) is 36.1 Å². The van der Waals surface area contributed by atoms with E-state index < -0.39 is 0 Å². The van der Waals surface area contributed by atoms with Crippen LogP contribution < -0.4 is 5.32 Å². The lowest BCUT2D eigenvalue weighted by atomic mass is 9.82. The molecule has 1 rings (SSSR count). The van der Waals surface area contributed by atoms with Crippen LogP contribution in [0, 0.1) is 5.92 Å². The van der Waals surface area contributed by atoms with E-state index in [1.807, 2.05) is 0 Å². The minimum atomic E-state index is 0.338. The first kappa shape index (κ1) is 18.0. The van der Waals surface area contributed by atoms with Crippen LogP contribution in [0.5, 0.6) is 0 Å². The average Bonchev–Trinajstić information content (AvgIpc) is 2.47. The number of likely N-dealkylation sites (tertiary alicyclic amines) is 1. The molecule has 1 aliphatic rings. The minimum Gasteiger partial charge on any atom is -0.312 e. The Bertz CT molecular complexity index is 246. The van der Waals surface area contributed by atoms with Crippen LogP contribution >= 0.6 is 0 Å². The number of rotatable bonds is 9. The highest BCUT2D eigenvalue weighted by Gasteiger charge is 2.37. The van der Waals surface area contributed by atoms with Crippen molar-refractivity contribution >= 4 is 0 Å². The Morgan fingerprint density at radius 3 is 2.20 bits per heavy atom. The summed E-state index contributed by atoms with van der Waals surface area (Å²) in [6, 6.07) is 0.646. The van der Waals surface area contributed by atoms with Crippen molar-refractivity contribution in [3.05, 3.63) is 0 Å². The van der Waals surface area contributed by atoms with Gasteiger partial charge in [-0.15, -0.1) is 0 Å². The Kier molecular flexibility index (Phi) is 8.13. The van der Waals surface area contributed by atoms with Crippen LogP contribution in [0.4, 0.5) is 0 Å². The number of hydrogen-bond acceptors (Lipinski definition) is 2. The Morgan fingerprint density at radius 1 is 1.05 bits per heavy atom. The summed E-state index contributed by atoms with van der Waals surface area (Å²) in [5.41, 5.74) is 0.338. The van der Waals surface area contributed by atoms with Gasteiger partial charge in [0.25, 0.3) is 0 Å². The Hall–Kier alpha value is -0.0800. The van der Waals surface area contributed by atoms with Crippen molar-refractivity contribution in [2.45, 2.75) is 91.1 Å². The van der Waals surface area contributed by atoms with Crippen LogP contribution in [0.15, 0.2) is 0 Å². The third kappa shape index (κ3) is 5.04. The van der Waals surface area contributed by atoms with Gasteiger partial charge in [-0.25, -0.2) is 0 Å². The first-order valence-electron chi connectivity index (χ1n) is 9.03. The number of hydrogen-bond donors (Lipinski definition) is 1. The van der Waals surface area contributed by atoms with Gasteiger partial charge in [0.15, 0.2) is 0 Å². The highest BCUT2D eigenvalue weighted by atomic mass is 15.2. The third-order valence-electron chi connectivity index (χ3n) is 5.22. The van der Waals surface area contributed by atoms with Crippen molar-refractivity contribution < 1.29 is 0 Å². The molecule has 2 atom stereocenters. The summed E-state index contributed by atoms with van der Waals surface area (Å²) in [7, 11) is 0. The first-order valence-corrected chi connectivity index (χ1v) is 9.03. The predicted octanol–water partition coefficient (Wildman–Crippen LogP) is 4.45. The van der Waals surface area contributed by atoms with E-state index in [4.69, 9.17) is 0 Å². The third-order valence-corrected chi connectivity index (χ3v) is 5.22. The topological polar surface area (TPSA) is 15.3 Å². The van der Waals surface area contributed by atoms with Gasteiger partial charge >= 0.3 is 0 Å². The summed E-state index contributed by atoms with van der Waals surface area (Å²) >= 11 is 0. The molecule has 2 unspecified atom stereocenters. The zero-order valence-electron chi connectivity index (χ0n) is 14.7. The molecular weight excluding hydrogens is 244 g/mol. The second-order valence-corrected chi connectivity index (χ2v) is 7.24. The van der Waals surface area contributed by atoms with Crippen LogP contribution in [0.25, 0.3) is 0 Å². The lowest BCUT2D eigenvalue weighted by Crippen LogP contribution is -2.60. The standard InChI is InChI=1S/C18H38N2/c1-6-13-19-17(12-11-16(3)4)18(5,7-2)20-14-9-8-10-15-20/h16-17,19H,6-15H2,1-5H3. The summed E-state index contributed by atoms with van der Waals surface area (Å²) in [4.78, 5) is 2.78. The van der Waals surface area contributed by atoms with E-state index in [-0.39, 0.29) is 0 Å². The molecular formula is C18H38N2. The smallest absolute Gasteiger partial charge is 0.0331 e. The van der Waals surface area contributed by atoms with E-state index in [2.05, 4.69) is 44.8 Å². The first-order chi connectivity index (χ1) is 9.54. The van der Waals surface area contributed by atoms with Gasteiger partial charge in [-0.2, -0.15) is 0 Å². The van der Waals surface area contributed by atoms with Gasteiger partial charge in [0.05, 0.1) is 0 Å². The van der Waals surface area contributed by atoms with Gasteiger partial charge in [-0.3, -0.25) is 4.90 Å². The highest BCUT2D eigenvalue weighted by molar-refractivity contribution is 4.97. The Morgan fingerprint density at radius 2 is 1.70 bits per heavy atom. The number of nitrogens with one attached hydrogen (secondary N) is 1. The monoisotopic (exact) mass is 282 g/mol. The van der Waals surface area contributed by atoms with E-state index in [9.17, 15) is 0 Å². The van der Waals surface area contributed by atoms with Crippen LogP contribution in [-0.2, 0) is 0 Å². The molecule has 1 aliphatic heterocycles. The Balaban J connectivity index is 2.74. The molecule has 0 radical (unpaired) electrons. The molecule has 0 amide bonds. The van der Waals surface area contributed by atoms with Crippen LogP contribution in [0.2, 0.25) is 0 Å². The SMILES string of the molecule is CCCNC(CCC(C)C)C(C)(CC)N1CCCCC1. The van der Waals surface area contributed by atoms with Crippen LogP contribution in [0.1, 0.15) is 79.6 Å². The number of nitrogens with zero attached hydrogens (tertiary/aromatic N) is 1. The molecule has 1 saturated heterocycles. The van der Waals surface area contributed by atoms with Gasteiger partial charge in [0.2, 0.25) is 0 Å². The van der Waals surface area contributed by atoms with Crippen molar-refractivity contribution in [3.8, 4) is 0 Å². The maximum absolute atomic E-state index is 3.87. The highest BCUT2D eigenvalue weighted by Crippen LogP contribution is 2.30. The lowest BCUT2D eigenvalue weighted by molar-refractivity contribution is 0.0386. The van der Waals surface area contributed by atoms with E-state index in [1.54, 1.807) is 0 Å². The van der Waals surface area contributed by atoms with Crippen molar-refractivity contribution in [1.29, 1.82) is 0 Å². The zero-order valence-corrected chi connectivity index (χ0v) is 14.7. The number of piperidine rings is 1. The molecule has 0 aliphatic carbocycles. The van der Waals surface area contributed by atoms with Gasteiger partial charge in [0.1, 0.15) is 0 Å². The molecule has 2 nitrogen and oxygen atoms in total. The molecule has 1 heterocycles. The summed E-state index contributed by atoms with van der Waals surface area (Å²) in [5.74, 6) is 0.809. The molecule has 2 heteroatoms. The molecule has 0 aromatic rings. The van der Waals surface area contributed by atoms with Gasteiger partial charge in [0, 0.05) is 11.6 Å². The van der Waals surface area contributed by atoms with Gasteiger partial charge in [-0.05, 0) is 71.0 Å². The van der Waals surface area contributed by atoms with E-state index in [1.165, 1.54) is 58.0 Å². The predicted molar refractivity (Wildman–Crippen MR) is 90.3 cm³/mol. The maximum Gasteiger partial charge on any atom is 0.0331 e. The van der Waals surface area contributed by atoms with Crippen molar-refractivity contribution in [2.75, 3.05) is 19.6 Å². The minimum absolute atomic E-state index is 0.338. The lowest BCUT2D eigenvalue weighted by Gasteiger charge is -2.48. The fraction of sp³-hybridized carbons (Fsp3) is 1.00. The van der Waals surface area contributed by atoms with Crippen molar-refractivity contribution in [3.63, 3.8) is 0 Å². The molecule has 0 aromatic carbocycles. The summed E-state index contributed by atoms with van der Waals surface area (Å²) < 4.78 is 0. The fourth-order valence-electron chi connectivity index (χ4n) is 3.55. The molecule has 20 heavy (non-hydrogen) atoms. The molecule has 120 valence electrons. The molecule has 1 N–H and O–H groups in total. The molecule has 0 bridgehead atoms. The summed E-state index contributed by atoms with van der Waals surface area (Å²) in [5, 5.41) is 3.87. The average molecular weight is 283 g/mol. The second kappa shape index (κ2) is 9.04. The Labute approximate surface area is 127 Å². The van der Waals surface area contributed by atoms with E-state index in [0.717, 1.165) is 12.5 Å². The normalized spacial score (nSPS) is 21.9. The molecule has 0 aromatic heterocycles. The van der Waals surface area contributed by atoms with Gasteiger partial charge in [-0.1, -0.05) is 34.1 Å². The summed E-state index contributed by atoms with van der Waals surface area (Å²) in [6.45, 7) is 15.6. The second-order valence-electron chi connectivity index (χ2n) is 7.24. The van der Waals surface area contributed by atoms with Gasteiger partial charge < -0.3 is 5.32 Å². The van der Waals surface area contributed by atoms with Crippen molar-refractivity contribution in [1.82, 2.24) is 10.2 Å². The quantitative estimate of drug-likeness (QED) is 0.672. The van der Waals surface area contributed by atoms with E-state index >= 15 is 0 Å². The van der Waals surface area contributed by atoms with Crippen molar-refractivity contribution in [2.24, 2.45) is 5.92 Å².